The van der Waals surface area contributed by atoms with E-state index in [9.17, 15) is 5.11 Å². The van der Waals surface area contributed by atoms with E-state index in [1.54, 1.807) is 0 Å². The lowest BCUT2D eigenvalue weighted by molar-refractivity contribution is 0.0524. The van der Waals surface area contributed by atoms with Crippen molar-refractivity contribution in [2.75, 3.05) is 20.6 Å². The molecule has 1 atom stereocenters. The highest BCUT2D eigenvalue weighted by atomic mass is 16.3. The molecule has 3 N–H and O–H groups in total. The van der Waals surface area contributed by atoms with Crippen LogP contribution in [0.3, 0.4) is 0 Å². The number of aliphatic hydroxyl groups is 1. The first-order valence-corrected chi connectivity index (χ1v) is 7.94. The molecule has 21 heavy (non-hydrogen) atoms. The SMILES string of the molecule is CN(C)[C@]1(Cc2ccccc2)CC[C@@]2(CC1)CNC(O)N2. The minimum absolute atomic E-state index is 0.0929. The molecule has 1 heterocycles. The van der Waals surface area contributed by atoms with Crippen LogP contribution in [0, 0.1) is 0 Å². The van der Waals surface area contributed by atoms with Crippen molar-refractivity contribution < 1.29 is 5.11 Å². The third-order valence-corrected chi connectivity index (χ3v) is 5.54. The summed E-state index contributed by atoms with van der Waals surface area (Å²) in [7, 11) is 4.41. The second kappa shape index (κ2) is 5.69. The molecule has 2 aliphatic rings. The molecule has 1 aromatic carbocycles. The summed E-state index contributed by atoms with van der Waals surface area (Å²) in [6.07, 6.45) is 5.12. The van der Waals surface area contributed by atoms with Crippen LogP contribution in [0.5, 0.6) is 0 Å². The first kappa shape index (κ1) is 15.0. The molecule has 2 fully saturated rings. The molecular weight excluding hydrogens is 262 g/mol. The van der Waals surface area contributed by atoms with Gasteiger partial charge in [0, 0.05) is 17.6 Å². The largest absolute Gasteiger partial charge is 0.365 e. The van der Waals surface area contributed by atoms with E-state index in [1.165, 1.54) is 5.56 Å². The van der Waals surface area contributed by atoms with E-state index in [4.69, 9.17) is 0 Å². The van der Waals surface area contributed by atoms with Gasteiger partial charge in [-0.1, -0.05) is 30.3 Å². The molecule has 1 saturated heterocycles. The van der Waals surface area contributed by atoms with Gasteiger partial charge in [0.15, 0.2) is 6.35 Å². The molecule has 0 amide bonds. The minimum atomic E-state index is -0.536. The van der Waals surface area contributed by atoms with Gasteiger partial charge in [0.25, 0.3) is 0 Å². The van der Waals surface area contributed by atoms with Gasteiger partial charge in [0.05, 0.1) is 0 Å². The number of nitrogens with one attached hydrogen (secondary N) is 2. The fraction of sp³-hybridized carbons (Fsp3) is 0.647. The Morgan fingerprint density at radius 2 is 1.81 bits per heavy atom. The molecule has 4 nitrogen and oxygen atoms in total. The van der Waals surface area contributed by atoms with Crippen molar-refractivity contribution in [1.29, 1.82) is 0 Å². The Morgan fingerprint density at radius 3 is 2.33 bits per heavy atom. The molecule has 1 spiro atoms. The van der Waals surface area contributed by atoms with Crippen LogP contribution in [-0.2, 0) is 6.42 Å². The van der Waals surface area contributed by atoms with Gasteiger partial charge < -0.3 is 10.0 Å². The Bertz CT molecular complexity index is 466. The van der Waals surface area contributed by atoms with Gasteiger partial charge in [0.1, 0.15) is 0 Å². The fourth-order valence-electron chi connectivity index (χ4n) is 3.96. The quantitative estimate of drug-likeness (QED) is 0.785. The van der Waals surface area contributed by atoms with Crippen LogP contribution in [0.25, 0.3) is 0 Å². The van der Waals surface area contributed by atoms with Gasteiger partial charge >= 0.3 is 0 Å². The Kier molecular flexibility index (Phi) is 4.06. The lowest BCUT2D eigenvalue weighted by Gasteiger charge is -2.48. The van der Waals surface area contributed by atoms with Crippen LogP contribution in [0.2, 0.25) is 0 Å². The number of rotatable bonds is 3. The molecule has 1 unspecified atom stereocenters. The molecule has 116 valence electrons. The number of benzene rings is 1. The first-order chi connectivity index (χ1) is 10.0. The van der Waals surface area contributed by atoms with E-state index < -0.39 is 6.35 Å². The zero-order valence-electron chi connectivity index (χ0n) is 13.1. The van der Waals surface area contributed by atoms with Gasteiger partial charge in [-0.15, -0.1) is 0 Å². The number of nitrogens with zero attached hydrogens (tertiary/aromatic N) is 1. The number of hydrogen-bond donors (Lipinski definition) is 3. The van der Waals surface area contributed by atoms with E-state index in [2.05, 4.69) is 60.0 Å². The molecule has 0 aromatic heterocycles. The zero-order valence-corrected chi connectivity index (χ0v) is 13.1. The summed E-state index contributed by atoms with van der Waals surface area (Å²) in [5.41, 5.74) is 1.75. The highest BCUT2D eigenvalue weighted by Gasteiger charge is 2.46. The van der Waals surface area contributed by atoms with Crippen molar-refractivity contribution >= 4 is 0 Å². The summed E-state index contributed by atoms with van der Waals surface area (Å²) in [5, 5.41) is 16.1. The van der Waals surface area contributed by atoms with Crippen molar-refractivity contribution in [2.45, 2.75) is 49.5 Å². The van der Waals surface area contributed by atoms with Crippen molar-refractivity contribution in [3.8, 4) is 0 Å². The summed E-state index contributed by atoms with van der Waals surface area (Å²) in [6, 6.07) is 10.8. The van der Waals surface area contributed by atoms with Crippen LogP contribution >= 0.6 is 0 Å². The zero-order chi connectivity index (χ0) is 14.9. The Balaban J connectivity index is 1.72. The van der Waals surface area contributed by atoms with Crippen molar-refractivity contribution in [2.24, 2.45) is 0 Å². The monoisotopic (exact) mass is 289 g/mol. The highest BCUT2D eigenvalue weighted by molar-refractivity contribution is 5.19. The second-order valence-electron chi connectivity index (χ2n) is 6.99. The molecule has 0 radical (unpaired) electrons. The maximum atomic E-state index is 9.69. The summed E-state index contributed by atoms with van der Waals surface area (Å²) >= 11 is 0. The van der Waals surface area contributed by atoms with Crippen LogP contribution in [-0.4, -0.2) is 48.1 Å². The van der Waals surface area contributed by atoms with Gasteiger partial charge in [-0.2, -0.15) is 0 Å². The standard InChI is InChI=1S/C17H27N3O/c1-20(2)17(12-14-6-4-3-5-7-14)10-8-16(9-11-17)13-18-15(21)19-16/h3-7,15,18-19,21H,8-13H2,1-2H3/t15?,16-,17-. The summed E-state index contributed by atoms with van der Waals surface area (Å²) in [5.74, 6) is 0. The normalized spacial score (nSPS) is 36.5. The second-order valence-corrected chi connectivity index (χ2v) is 6.99. The Morgan fingerprint density at radius 1 is 1.14 bits per heavy atom. The third kappa shape index (κ3) is 2.99. The van der Waals surface area contributed by atoms with Crippen LogP contribution < -0.4 is 10.6 Å². The molecule has 1 saturated carbocycles. The van der Waals surface area contributed by atoms with Crippen LogP contribution in [0.1, 0.15) is 31.2 Å². The number of aliphatic hydroxyl groups excluding tert-OH is 1. The van der Waals surface area contributed by atoms with Gasteiger partial charge in [-0.25, -0.2) is 0 Å². The maximum absolute atomic E-state index is 9.69. The van der Waals surface area contributed by atoms with Crippen LogP contribution in [0.15, 0.2) is 30.3 Å². The third-order valence-electron chi connectivity index (χ3n) is 5.54. The average molecular weight is 289 g/mol. The highest BCUT2D eigenvalue weighted by Crippen LogP contribution is 2.40. The summed E-state index contributed by atoms with van der Waals surface area (Å²) < 4.78 is 0. The molecule has 1 aliphatic heterocycles. The summed E-state index contributed by atoms with van der Waals surface area (Å²) in [4.78, 5) is 2.41. The lowest BCUT2D eigenvalue weighted by atomic mass is 9.69. The maximum Gasteiger partial charge on any atom is 0.161 e. The molecule has 1 aromatic rings. The Hall–Kier alpha value is -0.940. The van der Waals surface area contributed by atoms with Crippen LogP contribution in [0.4, 0.5) is 0 Å². The van der Waals surface area contributed by atoms with Crippen molar-refractivity contribution in [3.63, 3.8) is 0 Å². The molecule has 3 rings (SSSR count). The smallest absolute Gasteiger partial charge is 0.161 e. The van der Waals surface area contributed by atoms with E-state index in [-0.39, 0.29) is 11.1 Å². The predicted octanol–water partition coefficient (Wildman–Crippen LogP) is 1.31. The Labute approximate surface area is 127 Å². The van der Waals surface area contributed by atoms with Crippen molar-refractivity contribution in [1.82, 2.24) is 15.5 Å². The lowest BCUT2D eigenvalue weighted by Crippen LogP contribution is -2.56. The molecule has 1 aliphatic carbocycles. The topological polar surface area (TPSA) is 47.5 Å². The van der Waals surface area contributed by atoms with E-state index in [0.29, 0.717) is 0 Å². The van der Waals surface area contributed by atoms with E-state index in [0.717, 1.165) is 38.6 Å². The van der Waals surface area contributed by atoms with Crippen molar-refractivity contribution in [3.05, 3.63) is 35.9 Å². The number of likely N-dealkylation sites (N-methyl/N-ethyl adjacent to an activating group) is 1. The minimum Gasteiger partial charge on any atom is -0.365 e. The van der Waals surface area contributed by atoms with E-state index >= 15 is 0 Å². The average Bonchev–Trinajstić information content (AvgIpc) is 2.84. The molecule has 0 bridgehead atoms. The van der Waals surface area contributed by atoms with Gasteiger partial charge in [-0.05, 0) is 51.8 Å². The molecule has 4 heteroatoms. The number of hydrogen-bond acceptors (Lipinski definition) is 4. The predicted molar refractivity (Wildman–Crippen MR) is 84.9 cm³/mol. The van der Waals surface area contributed by atoms with Gasteiger partial charge in [-0.3, -0.25) is 10.6 Å². The van der Waals surface area contributed by atoms with E-state index in [1.807, 2.05) is 0 Å². The molecular formula is C17H27N3O. The van der Waals surface area contributed by atoms with Gasteiger partial charge in [0.2, 0.25) is 0 Å². The first-order valence-electron chi connectivity index (χ1n) is 7.94. The summed E-state index contributed by atoms with van der Waals surface area (Å²) in [6.45, 7) is 0.878. The fourth-order valence-corrected chi connectivity index (χ4v) is 3.96.